The van der Waals surface area contributed by atoms with Crippen molar-refractivity contribution in [1.82, 2.24) is 19.8 Å². The van der Waals surface area contributed by atoms with Crippen LogP contribution < -0.4 is 9.80 Å². The minimum Gasteiger partial charge on any atom is -0.368 e. The SMILES string of the molecule is CCC(C)CN1c2ncccc2C(C(=O)C2=C(N3CCc4ccccc4C3)C(c3ccccc3)N(CC(C)CC)c3ncccc32)=C(N2CCc3ccccc3C2)C1c1ccccc1. The Labute approximate surface area is 379 Å². The summed E-state index contributed by atoms with van der Waals surface area (Å²) in [4.78, 5) is 37.7. The van der Waals surface area contributed by atoms with Gasteiger partial charge in [-0.05, 0) is 82.3 Å². The molecule has 4 aromatic carbocycles. The molecular weight excluding hydrogens is 785 g/mol. The van der Waals surface area contributed by atoms with E-state index in [1.54, 1.807) is 0 Å². The van der Waals surface area contributed by atoms with Crippen molar-refractivity contribution in [3.05, 3.63) is 202 Å². The van der Waals surface area contributed by atoms with Gasteiger partial charge in [0.2, 0.25) is 0 Å². The summed E-state index contributed by atoms with van der Waals surface area (Å²) in [7, 11) is 0. The Morgan fingerprint density at radius 1 is 0.531 bits per heavy atom. The first-order valence-corrected chi connectivity index (χ1v) is 23.6. The van der Waals surface area contributed by atoms with Gasteiger partial charge in [-0.15, -0.1) is 0 Å². The maximum Gasteiger partial charge on any atom is 0.198 e. The summed E-state index contributed by atoms with van der Waals surface area (Å²) in [5.74, 6) is 2.58. The molecule has 4 aliphatic heterocycles. The fraction of sp³-hybridized carbons (Fsp3) is 0.316. The third-order valence-electron chi connectivity index (χ3n) is 14.3. The van der Waals surface area contributed by atoms with Crippen LogP contribution in [0.2, 0.25) is 0 Å². The lowest BCUT2D eigenvalue weighted by Crippen LogP contribution is -2.46. The summed E-state index contributed by atoms with van der Waals surface area (Å²) < 4.78 is 0. The summed E-state index contributed by atoms with van der Waals surface area (Å²) >= 11 is 0. The molecule has 0 fully saturated rings. The monoisotopic (exact) mass is 844 g/mol. The summed E-state index contributed by atoms with van der Waals surface area (Å²) in [6.07, 6.45) is 7.69. The van der Waals surface area contributed by atoms with Crippen molar-refractivity contribution in [3.63, 3.8) is 0 Å². The highest BCUT2D eigenvalue weighted by Gasteiger charge is 2.46. The van der Waals surface area contributed by atoms with Crippen LogP contribution in [0.15, 0.2) is 157 Å². The van der Waals surface area contributed by atoms with Crippen LogP contribution in [-0.2, 0) is 30.7 Å². The number of allylic oxidation sites excluding steroid dienone is 2. The molecule has 0 saturated carbocycles. The lowest BCUT2D eigenvalue weighted by atomic mass is 9.79. The third-order valence-corrected chi connectivity index (χ3v) is 14.3. The highest BCUT2D eigenvalue weighted by Crippen LogP contribution is 2.52. The van der Waals surface area contributed by atoms with Crippen molar-refractivity contribution < 1.29 is 4.79 Å². The van der Waals surface area contributed by atoms with Crippen LogP contribution in [-0.4, -0.2) is 51.7 Å². The molecule has 6 heterocycles. The number of fused-ring (bicyclic) bond motifs is 4. The molecule has 6 aromatic rings. The van der Waals surface area contributed by atoms with E-state index in [1.165, 1.54) is 22.3 Å². The van der Waals surface area contributed by atoms with Gasteiger partial charge in [-0.2, -0.15) is 0 Å². The van der Waals surface area contributed by atoms with E-state index in [9.17, 15) is 0 Å². The van der Waals surface area contributed by atoms with E-state index in [2.05, 4.69) is 169 Å². The second kappa shape index (κ2) is 18.0. The van der Waals surface area contributed by atoms with Gasteiger partial charge in [0.15, 0.2) is 5.78 Å². The van der Waals surface area contributed by atoms with Gasteiger partial charge in [-0.3, -0.25) is 4.79 Å². The molecule has 4 atom stereocenters. The van der Waals surface area contributed by atoms with E-state index in [0.29, 0.717) is 11.8 Å². The minimum absolute atomic E-state index is 0.0412. The van der Waals surface area contributed by atoms with Crippen molar-refractivity contribution in [2.24, 2.45) is 11.8 Å². The summed E-state index contributed by atoms with van der Waals surface area (Å²) in [6.45, 7) is 13.9. The lowest BCUT2D eigenvalue weighted by Gasteiger charge is -2.48. The topological polar surface area (TPSA) is 55.8 Å². The summed E-state index contributed by atoms with van der Waals surface area (Å²) in [6, 6.07) is 47.3. The number of hydrogen-bond donors (Lipinski definition) is 0. The molecule has 0 radical (unpaired) electrons. The fourth-order valence-electron chi connectivity index (χ4n) is 10.7. The molecule has 0 N–H and O–H groups in total. The number of ketones is 1. The molecule has 4 unspecified atom stereocenters. The number of aromatic nitrogens is 2. The van der Waals surface area contributed by atoms with E-state index in [0.717, 1.165) is 121 Å². The summed E-state index contributed by atoms with van der Waals surface area (Å²) in [5.41, 5.74) is 13.1. The van der Waals surface area contributed by atoms with Crippen molar-refractivity contribution >= 4 is 28.6 Å². The normalized spacial score (nSPS) is 19.1. The Bertz CT molecular complexity index is 2520. The van der Waals surface area contributed by atoms with Gasteiger partial charge in [0.1, 0.15) is 11.6 Å². The number of nitrogens with zero attached hydrogens (tertiary/aromatic N) is 6. The number of carbonyl (C=O) groups is 1. The predicted octanol–water partition coefficient (Wildman–Crippen LogP) is 11.5. The first-order valence-electron chi connectivity index (χ1n) is 23.6. The molecule has 324 valence electrons. The van der Waals surface area contributed by atoms with Crippen LogP contribution in [0.5, 0.6) is 0 Å². The molecule has 64 heavy (non-hydrogen) atoms. The predicted molar refractivity (Wildman–Crippen MR) is 260 cm³/mol. The number of pyridine rings is 2. The molecule has 0 amide bonds. The quantitative estimate of drug-likeness (QED) is 0.122. The number of benzene rings is 4. The lowest BCUT2D eigenvalue weighted by molar-refractivity contribution is -0.109. The Hall–Kier alpha value is -6.47. The fourth-order valence-corrected chi connectivity index (χ4v) is 10.7. The molecular formula is C57H60N6O. The zero-order valence-corrected chi connectivity index (χ0v) is 37.8. The third kappa shape index (κ3) is 7.59. The molecule has 4 aliphatic rings. The molecule has 0 aliphatic carbocycles. The first kappa shape index (κ1) is 41.5. The van der Waals surface area contributed by atoms with Gasteiger partial charge in [-0.25, -0.2) is 9.97 Å². The average Bonchev–Trinajstić information content (AvgIpc) is 3.35. The zero-order valence-electron chi connectivity index (χ0n) is 37.8. The van der Waals surface area contributed by atoms with E-state index in [1.807, 2.05) is 24.5 Å². The maximum absolute atomic E-state index is 17.1. The zero-order chi connectivity index (χ0) is 43.7. The van der Waals surface area contributed by atoms with Crippen molar-refractivity contribution in [2.75, 3.05) is 36.0 Å². The molecule has 7 nitrogen and oxygen atoms in total. The Morgan fingerprint density at radius 3 is 1.33 bits per heavy atom. The molecule has 0 spiro atoms. The molecule has 7 heteroatoms. The van der Waals surface area contributed by atoms with Crippen LogP contribution >= 0.6 is 0 Å². The van der Waals surface area contributed by atoms with Crippen LogP contribution in [0, 0.1) is 11.8 Å². The minimum atomic E-state index is -0.239. The second-order valence-corrected chi connectivity index (χ2v) is 18.4. The molecule has 0 saturated heterocycles. The van der Waals surface area contributed by atoms with E-state index >= 15 is 4.79 Å². The molecule has 10 rings (SSSR count). The van der Waals surface area contributed by atoms with Crippen LogP contribution in [0.3, 0.4) is 0 Å². The van der Waals surface area contributed by atoms with Gasteiger partial charge in [0, 0.05) is 62.8 Å². The average molecular weight is 845 g/mol. The number of anilines is 2. The van der Waals surface area contributed by atoms with Crippen LogP contribution in [0.25, 0.3) is 11.1 Å². The van der Waals surface area contributed by atoms with Crippen molar-refractivity contribution in [3.8, 4) is 0 Å². The van der Waals surface area contributed by atoms with Gasteiger partial charge in [0.05, 0.1) is 34.6 Å². The standard InChI is InChI=1S/C57H60N6O/c1-5-39(3)35-62-51(43-21-9-7-10-22-43)53(60-33-29-41-19-13-15-25-45(41)37-60)49(47-27-17-31-58-56(47)62)55(64)50-48-28-18-32-59-57(48)63(36-40(4)6-2)52(44-23-11-8-12-24-44)54(50)61-34-30-42-20-14-16-26-46(42)38-61/h7-28,31-32,39-40,51-52H,5-6,29-30,33-38H2,1-4H3. The van der Waals surface area contributed by atoms with E-state index in [4.69, 9.17) is 9.97 Å². The Balaban J connectivity index is 1.29. The number of carbonyl (C=O) groups excluding carboxylic acids is 1. The highest BCUT2D eigenvalue weighted by molar-refractivity contribution is 6.44. The van der Waals surface area contributed by atoms with Gasteiger partial charge >= 0.3 is 0 Å². The number of hydrogen-bond acceptors (Lipinski definition) is 7. The second-order valence-electron chi connectivity index (χ2n) is 18.4. The maximum atomic E-state index is 17.1. The number of rotatable bonds is 12. The van der Waals surface area contributed by atoms with Crippen molar-refractivity contribution in [2.45, 2.75) is 78.6 Å². The van der Waals surface area contributed by atoms with E-state index in [-0.39, 0.29) is 17.9 Å². The summed E-state index contributed by atoms with van der Waals surface area (Å²) in [5, 5.41) is 0. The van der Waals surface area contributed by atoms with Gasteiger partial charge in [0.25, 0.3) is 0 Å². The highest BCUT2D eigenvalue weighted by atomic mass is 16.1. The van der Waals surface area contributed by atoms with Gasteiger partial charge in [-0.1, -0.05) is 150 Å². The Kier molecular flexibility index (Phi) is 11.7. The molecule has 0 bridgehead atoms. The van der Waals surface area contributed by atoms with E-state index < -0.39 is 0 Å². The van der Waals surface area contributed by atoms with Crippen molar-refractivity contribution in [1.29, 1.82) is 0 Å². The van der Waals surface area contributed by atoms with Crippen LogP contribution in [0.4, 0.5) is 11.6 Å². The molecule has 2 aromatic heterocycles. The smallest absolute Gasteiger partial charge is 0.198 e. The largest absolute Gasteiger partial charge is 0.368 e. The van der Waals surface area contributed by atoms with Gasteiger partial charge < -0.3 is 19.6 Å². The Morgan fingerprint density at radius 2 is 0.922 bits per heavy atom. The number of Topliss-reactive ketones (excluding diaryl/α,β-unsaturated/α-hetero) is 1. The first-order chi connectivity index (χ1) is 31.4. The van der Waals surface area contributed by atoms with Crippen LogP contribution in [0.1, 0.15) is 97.1 Å².